The largest absolute Gasteiger partial charge is 0.356 e. The molecule has 1 N–H and O–H groups in total. The van der Waals surface area contributed by atoms with Gasteiger partial charge >= 0.3 is 0 Å². The summed E-state index contributed by atoms with van der Waals surface area (Å²) in [5.74, 6) is 1.03. The van der Waals surface area contributed by atoms with E-state index < -0.39 is 0 Å². The molecule has 0 spiro atoms. The summed E-state index contributed by atoms with van der Waals surface area (Å²) >= 11 is 0. The van der Waals surface area contributed by atoms with Crippen molar-refractivity contribution in [2.45, 2.75) is 13.3 Å². The molecular weight excluding hydrogens is 198 g/mol. The molecule has 86 valence electrons. The Bertz CT molecular complexity index is 367. The number of likely N-dealkylation sites (N-methyl/N-ethyl adjacent to an activating group) is 1. The third-order valence-corrected chi connectivity index (χ3v) is 2.88. The average molecular weight is 217 g/mol. The molecule has 1 heterocycles. The van der Waals surface area contributed by atoms with Crippen LogP contribution in [0.25, 0.3) is 0 Å². The van der Waals surface area contributed by atoms with Crippen LogP contribution in [0.5, 0.6) is 0 Å². The zero-order valence-electron chi connectivity index (χ0n) is 10.0. The number of rotatable bonds is 3. The van der Waals surface area contributed by atoms with Gasteiger partial charge in [0.2, 0.25) is 0 Å². The Morgan fingerprint density at radius 3 is 2.69 bits per heavy atom. The van der Waals surface area contributed by atoms with Gasteiger partial charge in [0.25, 0.3) is 0 Å². The molecule has 0 saturated carbocycles. The van der Waals surface area contributed by atoms with Gasteiger partial charge in [0.05, 0.1) is 6.54 Å². The summed E-state index contributed by atoms with van der Waals surface area (Å²) in [6.45, 7) is 5.02. The van der Waals surface area contributed by atoms with Crippen molar-refractivity contribution in [2.24, 2.45) is 4.99 Å². The minimum atomic E-state index is 0.920. The van der Waals surface area contributed by atoms with E-state index in [2.05, 4.69) is 53.4 Å². The van der Waals surface area contributed by atoms with Crippen LogP contribution in [0, 0.1) is 6.92 Å². The number of nitrogens with zero attached hydrogens (tertiary/aromatic N) is 2. The van der Waals surface area contributed by atoms with Gasteiger partial charge in [-0.3, -0.25) is 4.99 Å². The predicted octanol–water partition coefficient (Wildman–Crippen LogP) is 1.43. The van der Waals surface area contributed by atoms with Gasteiger partial charge in [-0.1, -0.05) is 29.8 Å². The predicted molar refractivity (Wildman–Crippen MR) is 67.8 cm³/mol. The first-order chi connectivity index (χ1) is 7.75. The van der Waals surface area contributed by atoms with E-state index in [-0.39, 0.29) is 0 Å². The molecule has 0 aromatic heterocycles. The molecular formula is C13H19N3. The Morgan fingerprint density at radius 1 is 1.31 bits per heavy atom. The lowest BCUT2D eigenvalue weighted by Crippen LogP contribution is -2.36. The monoisotopic (exact) mass is 217 g/mol. The van der Waals surface area contributed by atoms with Gasteiger partial charge in [-0.2, -0.15) is 0 Å². The van der Waals surface area contributed by atoms with Crippen LogP contribution in [0.15, 0.2) is 29.3 Å². The molecule has 0 unspecified atom stereocenters. The molecule has 0 saturated heterocycles. The molecule has 1 aromatic rings. The lowest BCUT2D eigenvalue weighted by Gasteiger charge is -2.15. The molecule has 1 aliphatic rings. The molecule has 16 heavy (non-hydrogen) atoms. The van der Waals surface area contributed by atoms with Crippen molar-refractivity contribution in [1.29, 1.82) is 0 Å². The highest BCUT2D eigenvalue weighted by Crippen LogP contribution is 2.03. The van der Waals surface area contributed by atoms with Gasteiger partial charge in [-0.25, -0.2) is 0 Å². The summed E-state index contributed by atoms with van der Waals surface area (Å²) < 4.78 is 0. The molecule has 1 aliphatic heterocycles. The average Bonchev–Trinajstić information content (AvgIpc) is 2.68. The zero-order valence-corrected chi connectivity index (χ0v) is 10.0. The molecule has 0 bridgehead atoms. The van der Waals surface area contributed by atoms with Crippen LogP contribution in [0.1, 0.15) is 11.1 Å². The first-order valence-corrected chi connectivity index (χ1v) is 5.81. The first kappa shape index (κ1) is 11.0. The Labute approximate surface area is 97.2 Å². The number of nitrogens with one attached hydrogen (secondary N) is 1. The van der Waals surface area contributed by atoms with Crippen molar-refractivity contribution in [3.8, 4) is 0 Å². The van der Waals surface area contributed by atoms with Gasteiger partial charge < -0.3 is 10.2 Å². The van der Waals surface area contributed by atoms with Gasteiger partial charge in [0, 0.05) is 20.1 Å². The highest BCUT2D eigenvalue weighted by atomic mass is 15.3. The third kappa shape index (κ3) is 2.75. The van der Waals surface area contributed by atoms with Crippen molar-refractivity contribution in [1.82, 2.24) is 10.2 Å². The summed E-state index contributed by atoms with van der Waals surface area (Å²) in [6, 6.07) is 8.71. The van der Waals surface area contributed by atoms with Crippen LogP contribution in [-0.4, -0.2) is 37.5 Å². The van der Waals surface area contributed by atoms with Crippen LogP contribution in [-0.2, 0) is 6.42 Å². The second-order valence-electron chi connectivity index (χ2n) is 4.29. The van der Waals surface area contributed by atoms with Crippen LogP contribution in [0.2, 0.25) is 0 Å². The van der Waals surface area contributed by atoms with Gasteiger partial charge in [0.1, 0.15) is 0 Å². The summed E-state index contributed by atoms with van der Waals surface area (Å²) in [6.07, 6.45) is 1.05. The van der Waals surface area contributed by atoms with E-state index in [9.17, 15) is 0 Å². The van der Waals surface area contributed by atoms with Crippen molar-refractivity contribution in [3.63, 3.8) is 0 Å². The molecule has 0 amide bonds. The minimum absolute atomic E-state index is 0.920. The summed E-state index contributed by atoms with van der Waals surface area (Å²) in [7, 11) is 2.07. The fraction of sp³-hybridized carbons (Fsp3) is 0.462. The number of aryl methyl sites for hydroxylation is 1. The summed E-state index contributed by atoms with van der Waals surface area (Å²) in [4.78, 5) is 6.56. The second kappa shape index (κ2) is 5.01. The standard InChI is InChI=1S/C13H19N3/c1-11-3-5-12(6-4-11)7-8-14-13-15-9-10-16(13)2/h3-6H,7-10H2,1-2H3,(H,14,15). The summed E-state index contributed by atoms with van der Waals surface area (Å²) in [5, 5.41) is 3.37. The Hall–Kier alpha value is -1.51. The van der Waals surface area contributed by atoms with E-state index in [1.807, 2.05) is 0 Å². The van der Waals surface area contributed by atoms with Crippen molar-refractivity contribution < 1.29 is 0 Å². The molecule has 3 nitrogen and oxygen atoms in total. The minimum Gasteiger partial charge on any atom is -0.356 e. The quantitative estimate of drug-likeness (QED) is 0.829. The molecule has 0 aliphatic carbocycles. The number of guanidine groups is 1. The number of benzene rings is 1. The maximum Gasteiger partial charge on any atom is 0.193 e. The van der Waals surface area contributed by atoms with E-state index >= 15 is 0 Å². The fourth-order valence-corrected chi connectivity index (χ4v) is 1.80. The van der Waals surface area contributed by atoms with Crippen molar-refractivity contribution in [3.05, 3.63) is 35.4 Å². The highest BCUT2D eigenvalue weighted by Gasteiger charge is 2.10. The first-order valence-electron chi connectivity index (χ1n) is 5.81. The molecule has 1 aromatic carbocycles. The molecule has 0 fully saturated rings. The highest BCUT2D eigenvalue weighted by molar-refractivity contribution is 5.81. The molecule has 0 radical (unpaired) electrons. The van der Waals surface area contributed by atoms with Crippen molar-refractivity contribution >= 4 is 5.96 Å². The number of hydrogen-bond acceptors (Lipinski definition) is 3. The lowest BCUT2D eigenvalue weighted by atomic mass is 10.1. The molecule has 2 rings (SSSR count). The van der Waals surface area contributed by atoms with E-state index in [0.717, 1.165) is 32.0 Å². The maximum absolute atomic E-state index is 4.39. The molecule has 3 heteroatoms. The maximum atomic E-state index is 4.39. The van der Waals surface area contributed by atoms with Crippen LogP contribution in [0.3, 0.4) is 0 Å². The third-order valence-electron chi connectivity index (χ3n) is 2.88. The number of hydrogen-bond donors (Lipinski definition) is 1. The smallest absolute Gasteiger partial charge is 0.193 e. The Morgan fingerprint density at radius 2 is 2.06 bits per heavy atom. The van der Waals surface area contributed by atoms with E-state index in [1.54, 1.807) is 0 Å². The topological polar surface area (TPSA) is 27.6 Å². The van der Waals surface area contributed by atoms with E-state index in [4.69, 9.17) is 0 Å². The van der Waals surface area contributed by atoms with Crippen molar-refractivity contribution in [2.75, 3.05) is 26.7 Å². The SMILES string of the molecule is Cc1ccc(CCNC2=NCCN2C)cc1. The van der Waals surface area contributed by atoms with E-state index in [0.29, 0.717) is 0 Å². The molecule has 0 atom stereocenters. The van der Waals surface area contributed by atoms with E-state index in [1.165, 1.54) is 11.1 Å². The Kier molecular flexibility index (Phi) is 3.44. The van der Waals surface area contributed by atoms with Crippen LogP contribution in [0.4, 0.5) is 0 Å². The normalized spacial score (nSPS) is 15.1. The fourth-order valence-electron chi connectivity index (χ4n) is 1.80. The Balaban J connectivity index is 1.78. The summed E-state index contributed by atoms with van der Waals surface area (Å²) in [5.41, 5.74) is 2.69. The van der Waals surface area contributed by atoms with Crippen LogP contribution >= 0.6 is 0 Å². The van der Waals surface area contributed by atoms with Gasteiger partial charge in [0.15, 0.2) is 5.96 Å². The zero-order chi connectivity index (χ0) is 11.4. The number of aliphatic imine (C=N–C) groups is 1. The van der Waals surface area contributed by atoms with Gasteiger partial charge in [-0.15, -0.1) is 0 Å². The van der Waals surface area contributed by atoms with Crippen LogP contribution < -0.4 is 5.32 Å². The second-order valence-corrected chi connectivity index (χ2v) is 4.29. The van der Waals surface area contributed by atoms with Gasteiger partial charge in [-0.05, 0) is 18.9 Å². The lowest BCUT2D eigenvalue weighted by molar-refractivity contribution is 0.534.